The van der Waals surface area contributed by atoms with Gasteiger partial charge in [0.1, 0.15) is 5.82 Å². The molecule has 1 saturated heterocycles. The van der Waals surface area contributed by atoms with Gasteiger partial charge in [-0.25, -0.2) is 4.98 Å². The number of fused-ring (bicyclic) bond motifs is 1. The van der Waals surface area contributed by atoms with Crippen molar-refractivity contribution in [1.82, 2.24) is 20.2 Å². The highest BCUT2D eigenvalue weighted by Crippen LogP contribution is 2.37. The molecule has 0 aliphatic carbocycles. The summed E-state index contributed by atoms with van der Waals surface area (Å²) < 4.78 is 41.5. The summed E-state index contributed by atoms with van der Waals surface area (Å²) in [5.74, 6) is -0.310. The predicted molar refractivity (Wildman–Crippen MR) is 124 cm³/mol. The minimum atomic E-state index is -4.65. The average Bonchev–Trinajstić information content (AvgIpc) is 2.77. The number of piperazine rings is 1. The lowest BCUT2D eigenvalue weighted by atomic mass is 9.98. The molecule has 2 atom stereocenters. The molecule has 0 saturated carbocycles. The number of H-pyrrole nitrogens is 1. The lowest BCUT2D eigenvalue weighted by molar-refractivity contribution is -0.138. The lowest BCUT2D eigenvalue weighted by Crippen LogP contribution is -2.54. The van der Waals surface area contributed by atoms with Crippen molar-refractivity contribution >= 4 is 28.4 Å². The number of carbonyl (C=O) groups excluding carboxylic acids is 2. The topological polar surface area (TPSA) is 107 Å². The fourth-order valence-electron chi connectivity index (χ4n) is 4.23. The van der Waals surface area contributed by atoms with E-state index in [0.29, 0.717) is 17.8 Å². The predicted octanol–water partition coefficient (Wildman–Crippen LogP) is 3.38. The molecule has 11 heteroatoms. The first-order valence-corrected chi connectivity index (χ1v) is 11.0. The number of amides is 2. The largest absolute Gasteiger partial charge is 0.416 e. The van der Waals surface area contributed by atoms with E-state index < -0.39 is 23.3 Å². The molecule has 0 radical (unpaired) electrons. The quantitative estimate of drug-likeness (QED) is 0.523. The molecule has 2 aromatic carbocycles. The van der Waals surface area contributed by atoms with E-state index in [1.54, 1.807) is 38.1 Å². The van der Waals surface area contributed by atoms with Crippen LogP contribution in [0.25, 0.3) is 10.9 Å². The fraction of sp³-hybridized carbons (Fsp3) is 0.333. The standard InChI is InChI=1S/C24H24F3N5O3/c1-12-10-32(11-21(33)28-12)23(35)15-4-6-16(7-5-15)29-13(2)17-8-18-20(9-19(17)24(25,26)27)30-14(3)31-22(18)34/h4-9,12-13,29H,10-11H2,1-3H3,(H,28,33)(H,30,31,34). The van der Waals surface area contributed by atoms with Gasteiger partial charge in [0.25, 0.3) is 11.5 Å². The van der Waals surface area contributed by atoms with Crippen LogP contribution >= 0.6 is 0 Å². The van der Waals surface area contributed by atoms with Crippen molar-refractivity contribution in [2.24, 2.45) is 0 Å². The van der Waals surface area contributed by atoms with E-state index in [1.807, 2.05) is 0 Å². The monoisotopic (exact) mass is 487 g/mol. The van der Waals surface area contributed by atoms with E-state index >= 15 is 0 Å². The molecule has 8 nitrogen and oxygen atoms in total. The van der Waals surface area contributed by atoms with Crippen LogP contribution in [-0.2, 0) is 11.0 Å². The van der Waals surface area contributed by atoms with Crippen LogP contribution in [0.2, 0.25) is 0 Å². The summed E-state index contributed by atoms with van der Waals surface area (Å²) in [7, 11) is 0. The zero-order valence-corrected chi connectivity index (χ0v) is 19.3. The van der Waals surface area contributed by atoms with Crippen LogP contribution < -0.4 is 16.2 Å². The third kappa shape index (κ3) is 5.13. The lowest BCUT2D eigenvalue weighted by Gasteiger charge is -2.31. The second-order valence-electron chi connectivity index (χ2n) is 8.70. The number of rotatable bonds is 4. The molecule has 2 amide bonds. The Morgan fingerprint density at radius 1 is 1.20 bits per heavy atom. The summed E-state index contributed by atoms with van der Waals surface area (Å²) in [4.78, 5) is 44.8. The number of aryl methyl sites for hydroxylation is 1. The summed E-state index contributed by atoms with van der Waals surface area (Å²) in [5, 5.41) is 5.81. The van der Waals surface area contributed by atoms with Crippen LogP contribution in [0.15, 0.2) is 41.2 Å². The van der Waals surface area contributed by atoms with Crippen LogP contribution in [0.1, 0.15) is 47.2 Å². The van der Waals surface area contributed by atoms with E-state index in [-0.39, 0.29) is 46.7 Å². The van der Waals surface area contributed by atoms with Crippen LogP contribution in [0.5, 0.6) is 0 Å². The highest BCUT2D eigenvalue weighted by atomic mass is 19.4. The molecule has 1 aliphatic rings. The molecule has 1 aromatic heterocycles. The number of anilines is 1. The number of hydrogen-bond acceptors (Lipinski definition) is 5. The minimum Gasteiger partial charge on any atom is -0.379 e. The fourth-order valence-corrected chi connectivity index (χ4v) is 4.23. The third-order valence-corrected chi connectivity index (χ3v) is 5.81. The smallest absolute Gasteiger partial charge is 0.379 e. The normalized spacial score (nSPS) is 17.3. The second-order valence-corrected chi connectivity index (χ2v) is 8.70. The van der Waals surface area contributed by atoms with Crippen LogP contribution in [0.4, 0.5) is 18.9 Å². The molecule has 3 aromatic rings. The van der Waals surface area contributed by atoms with Crippen molar-refractivity contribution in [2.45, 2.75) is 39.0 Å². The number of nitrogens with zero attached hydrogens (tertiary/aromatic N) is 2. The highest BCUT2D eigenvalue weighted by Gasteiger charge is 2.35. The summed E-state index contributed by atoms with van der Waals surface area (Å²) in [5.41, 5.74) is -0.680. The third-order valence-electron chi connectivity index (χ3n) is 5.81. The molecular weight excluding hydrogens is 463 g/mol. The van der Waals surface area contributed by atoms with Crippen molar-refractivity contribution in [1.29, 1.82) is 0 Å². The molecule has 3 N–H and O–H groups in total. The van der Waals surface area contributed by atoms with E-state index in [2.05, 4.69) is 20.6 Å². The van der Waals surface area contributed by atoms with E-state index in [0.717, 1.165) is 6.07 Å². The Balaban J connectivity index is 1.59. The average molecular weight is 487 g/mol. The number of aromatic nitrogens is 2. The molecule has 1 aliphatic heterocycles. The van der Waals surface area contributed by atoms with Gasteiger partial charge < -0.3 is 20.5 Å². The maximum absolute atomic E-state index is 13.8. The number of nitrogens with one attached hydrogen (secondary N) is 3. The SMILES string of the molecule is Cc1nc2cc(C(F)(F)F)c(C(C)Nc3ccc(C(=O)N4CC(=O)NC(C)C4)cc3)cc2c(=O)[nH]1. The molecule has 0 bridgehead atoms. The first kappa shape index (κ1) is 24.2. The molecule has 0 spiro atoms. The zero-order valence-electron chi connectivity index (χ0n) is 19.3. The summed E-state index contributed by atoms with van der Waals surface area (Å²) in [6.45, 7) is 5.21. The number of hydrogen-bond donors (Lipinski definition) is 3. The molecule has 2 heterocycles. The minimum absolute atomic E-state index is 0.0295. The maximum Gasteiger partial charge on any atom is 0.416 e. The molecular formula is C24H24F3N5O3. The summed E-state index contributed by atoms with van der Waals surface area (Å²) in [6, 6.07) is 7.41. The Bertz CT molecular complexity index is 1350. The van der Waals surface area contributed by atoms with Crippen LogP contribution in [-0.4, -0.2) is 45.8 Å². The van der Waals surface area contributed by atoms with Gasteiger partial charge in [-0.2, -0.15) is 13.2 Å². The number of aromatic amines is 1. The van der Waals surface area contributed by atoms with Crippen molar-refractivity contribution in [3.8, 4) is 0 Å². The van der Waals surface area contributed by atoms with E-state index in [1.165, 1.54) is 17.9 Å². The number of halogens is 3. The molecule has 1 fully saturated rings. The van der Waals surface area contributed by atoms with Crippen molar-refractivity contribution in [3.63, 3.8) is 0 Å². The van der Waals surface area contributed by atoms with E-state index in [4.69, 9.17) is 0 Å². The summed E-state index contributed by atoms with van der Waals surface area (Å²) in [6.07, 6.45) is -4.65. The van der Waals surface area contributed by atoms with Gasteiger partial charge in [-0.15, -0.1) is 0 Å². The van der Waals surface area contributed by atoms with Gasteiger partial charge >= 0.3 is 6.18 Å². The number of alkyl halides is 3. The van der Waals surface area contributed by atoms with Gasteiger partial charge in [0, 0.05) is 29.9 Å². The van der Waals surface area contributed by atoms with Gasteiger partial charge in [-0.05, 0) is 62.7 Å². The van der Waals surface area contributed by atoms with Gasteiger partial charge in [0.05, 0.1) is 23.0 Å². The Morgan fingerprint density at radius 2 is 1.89 bits per heavy atom. The van der Waals surface area contributed by atoms with Crippen molar-refractivity contribution < 1.29 is 22.8 Å². The Kier molecular flexibility index (Phi) is 6.27. The van der Waals surface area contributed by atoms with Crippen LogP contribution in [0, 0.1) is 6.92 Å². The Morgan fingerprint density at radius 3 is 2.51 bits per heavy atom. The molecule has 2 unspecified atom stereocenters. The second kappa shape index (κ2) is 9.05. The molecule has 35 heavy (non-hydrogen) atoms. The molecule has 4 rings (SSSR count). The van der Waals surface area contributed by atoms with Crippen molar-refractivity contribution in [2.75, 3.05) is 18.4 Å². The maximum atomic E-state index is 13.8. The van der Waals surface area contributed by atoms with Gasteiger partial charge in [0.15, 0.2) is 0 Å². The van der Waals surface area contributed by atoms with E-state index in [9.17, 15) is 27.6 Å². The highest BCUT2D eigenvalue weighted by molar-refractivity contribution is 5.97. The van der Waals surface area contributed by atoms with Crippen molar-refractivity contribution in [3.05, 3.63) is 69.3 Å². The van der Waals surface area contributed by atoms with Gasteiger partial charge in [-0.1, -0.05) is 0 Å². The van der Waals surface area contributed by atoms with Gasteiger partial charge in [-0.3, -0.25) is 14.4 Å². The number of carbonyl (C=O) groups is 2. The first-order valence-electron chi connectivity index (χ1n) is 11.0. The van der Waals surface area contributed by atoms with Crippen LogP contribution in [0.3, 0.4) is 0 Å². The first-order chi connectivity index (χ1) is 16.4. The Labute approximate surface area is 198 Å². The number of benzene rings is 2. The Hall–Kier alpha value is -3.89. The molecule has 184 valence electrons. The zero-order chi connectivity index (χ0) is 25.5. The van der Waals surface area contributed by atoms with Gasteiger partial charge in [0.2, 0.25) is 5.91 Å². The summed E-state index contributed by atoms with van der Waals surface area (Å²) >= 11 is 0.